The van der Waals surface area contributed by atoms with Crippen LogP contribution in [0.25, 0.3) is 0 Å². The average Bonchev–Trinajstić information content (AvgIpc) is 2.74. The molecule has 1 heterocycles. The van der Waals surface area contributed by atoms with Crippen LogP contribution in [-0.2, 0) is 13.2 Å². The van der Waals surface area contributed by atoms with Crippen molar-refractivity contribution in [1.82, 2.24) is 10.3 Å². The van der Waals surface area contributed by atoms with E-state index in [-0.39, 0.29) is 0 Å². The Bertz CT molecular complexity index is 591. The summed E-state index contributed by atoms with van der Waals surface area (Å²) in [6, 6.07) is 6.15. The Labute approximate surface area is 135 Å². The quantitative estimate of drug-likeness (QED) is 0.850. The van der Waals surface area contributed by atoms with E-state index in [1.807, 2.05) is 25.1 Å². The van der Waals surface area contributed by atoms with Crippen LogP contribution in [0, 0.1) is 13.8 Å². The number of aromatic nitrogens is 1. The van der Waals surface area contributed by atoms with Crippen molar-refractivity contribution in [2.24, 2.45) is 0 Å². The van der Waals surface area contributed by atoms with Gasteiger partial charge in [-0.15, -0.1) is 11.3 Å². The number of benzene rings is 1. The van der Waals surface area contributed by atoms with Gasteiger partial charge in [-0.2, -0.15) is 0 Å². The number of halogens is 1. The highest BCUT2D eigenvalue weighted by atomic mass is 35.5. The first-order valence-electron chi connectivity index (χ1n) is 7.03. The third kappa shape index (κ3) is 4.70. The SMILES string of the molecule is Cc1nc(COc2ccc(Cl)cc2CNC(C)C)sc1C. The summed E-state index contributed by atoms with van der Waals surface area (Å²) in [5.74, 6) is 0.859. The van der Waals surface area contributed by atoms with Crippen LogP contribution in [0.2, 0.25) is 5.02 Å². The molecule has 114 valence electrons. The maximum atomic E-state index is 6.08. The van der Waals surface area contributed by atoms with Crippen LogP contribution >= 0.6 is 22.9 Å². The van der Waals surface area contributed by atoms with E-state index in [1.54, 1.807) is 11.3 Å². The molecule has 0 spiro atoms. The molecule has 1 N–H and O–H groups in total. The second-order valence-corrected chi connectivity index (χ2v) is 7.05. The summed E-state index contributed by atoms with van der Waals surface area (Å²) in [4.78, 5) is 5.74. The third-order valence-corrected chi connectivity index (χ3v) is 4.43. The van der Waals surface area contributed by atoms with E-state index in [2.05, 4.69) is 31.1 Å². The van der Waals surface area contributed by atoms with Gasteiger partial charge >= 0.3 is 0 Å². The van der Waals surface area contributed by atoms with Gasteiger partial charge in [0.2, 0.25) is 0 Å². The van der Waals surface area contributed by atoms with Gasteiger partial charge in [0, 0.05) is 28.0 Å². The number of hydrogen-bond acceptors (Lipinski definition) is 4. The number of nitrogens with one attached hydrogen (secondary N) is 1. The average molecular weight is 325 g/mol. The van der Waals surface area contributed by atoms with Gasteiger partial charge in [0.1, 0.15) is 17.4 Å². The molecule has 21 heavy (non-hydrogen) atoms. The summed E-state index contributed by atoms with van der Waals surface area (Å²) in [6.07, 6.45) is 0. The molecule has 0 radical (unpaired) electrons. The maximum Gasteiger partial charge on any atom is 0.140 e. The first kappa shape index (κ1) is 16.3. The zero-order valence-corrected chi connectivity index (χ0v) is 14.4. The van der Waals surface area contributed by atoms with Crippen molar-refractivity contribution in [3.05, 3.63) is 44.4 Å². The summed E-state index contributed by atoms with van der Waals surface area (Å²) < 4.78 is 5.93. The Kier molecular flexibility index (Phi) is 5.62. The van der Waals surface area contributed by atoms with E-state index in [1.165, 1.54) is 4.88 Å². The Morgan fingerprint density at radius 3 is 2.71 bits per heavy atom. The number of rotatable bonds is 6. The van der Waals surface area contributed by atoms with Crippen molar-refractivity contribution in [2.45, 2.75) is 46.9 Å². The minimum Gasteiger partial charge on any atom is -0.486 e. The van der Waals surface area contributed by atoms with Gasteiger partial charge in [-0.05, 0) is 32.0 Å². The monoisotopic (exact) mass is 324 g/mol. The molecule has 0 amide bonds. The van der Waals surface area contributed by atoms with Crippen molar-refractivity contribution >= 4 is 22.9 Å². The van der Waals surface area contributed by atoms with Crippen LogP contribution in [0.3, 0.4) is 0 Å². The van der Waals surface area contributed by atoms with E-state index >= 15 is 0 Å². The fourth-order valence-electron chi connectivity index (χ4n) is 1.88. The van der Waals surface area contributed by atoms with E-state index < -0.39 is 0 Å². The highest BCUT2D eigenvalue weighted by molar-refractivity contribution is 7.11. The van der Waals surface area contributed by atoms with E-state index in [0.29, 0.717) is 12.6 Å². The van der Waals surface area contributed by atoms with Gasteiger partial charge < -0.3 is 10.1 Å². The number of nitrogens with zero attached hydrogens (tertiary/aromatic N) is 1. The molecule has 0 aliphatic carbocycles. The van der Waals surface area contributed by atoms with Crippen molar-refractivity contribution < 1.29 is 4.74 Å². The van der Waals surface area contributed by atoms with Gasteiger partial charge in [0.25, 0.3) is 0 Å². The highest BCUT2D eigenvalue weighted by Gasteiger charge is 2.08. The number of aryl methyl sites for hydroxylation is 2. The fourth-order valence-corrected chi connectivity index (χ4v) is 2.92. The number of hydrogen-bond donors (Lipinski definition) is 1. The second kappa shape index (κ2) is 7.25. The molecule has 0 aliphatic rings. The van der Waals surface area contributed by atoms with Gasteiger partial charge in [0.15, 0.2) is 0 Å². The summed E-state index contributed by atoms with van der Waals surface area (Å²) in [6.45, 7) is 9.57. The first-order chi connectivity index (χ1) is 9.95. The normalized spacial score (nSPS) is 11.1. The molecule has 1 aromatic carbocycles. The van der Waals surface area contributed by atoms with Crippen LogP contribution in [0.5, 0.6) is 5.75 Å². The van der Waals surface area contributed by atoms with Crippen LogP contribution in [0.1, 0.15) is 35.0 Å². The Balaban J connectivity index is 2.07. The smallest absolute Gasteiger partial charge is 0.140 e. The lowest BCUT2D eigenvalue weighted by molar-refractivity contribution is 0.301. The Hall–Kier alpha value is -1.10. The lowest BCUT2D eigenvalue weighted by Gasteiger charge is -2.13. The van der Waals surface area contributed by atoms with E-state index in [0.717, 1.165) is 33.6 Å². The molecule has 5 heteroatoms. The highest BCUT2D eigenvalue weighted by Crippen LogP contribution is 2.25. The fraction of sp³-hybridized carbons (Fsp3) is 0.438. The van der Waals surface area contributed by atoms with Crippen LogP contribution in [0.4, 0.5) is 0 Å². The van der Waals surface area contributed by atoms with Crippen LogP contribution < -0.4 is 10.1 Å². The summed E-state index contributed by atoms with van der Waals surface area (Å²) in [5, 5.41) is 5.12. The predicted octanol–water partition coefficient (Wildman–Crippen LogP) is 4.49. The molecule has 1 aromatic heterocycles. The van der Waals surface area contributed by atoms with E-state index in [9.17, 15) is 0 Å². The van der Waals surface area contributed by atoms with E-state index in [4.69, 9.17) is 16.3 Å². The molecule has 0 saturated heterocycles. The zero-order valence-electron chi connectivity index (χ0n) is 12.9. The molecule has 0 unspecified atom stereocenters. The number of ether oxygens (including phenoxy) is 1. The molecule has 0 bridgehead atoms. The minimum absolute atomic E-state index is 0.418. The van der Waals surface area contributed by atoms with Crippen LogP contribution in [0.15, 0.2) is 18.2 Å². The Morgan fingerprint density at radius 1 is 1.33 bits per heavy atom. The molecule has 2 aromatic rings. The Morgan fingerprint density at radius 2 is 2.10 bits per heavy atom. The van der Waals surface area contributed by atoms with Crippen LogP contribution in [-0.4, -0.2) is 11.0 Å². The van der Waals surface area contributed by atoms with Gasteiger partial charge in [-0.1, -0.05) is 25.4 Å². The van der Waals surface area contributed by atoms with Crippen molar-refractivity contribution in [1.29, 1.82) is 0 Å². The van der Waals surface area contributed by atoms with Gasteiger partial charge in [0.05, 0.1) is 5.69 Å². The summed E-state index contributed by atoms with van der Waals surface area (Å²) >= 11 is 7.76. The molecule has 0 saturated carbocycles. The third-order valence-electron chi connectivity index (χ3n) is 3.15. The molecule has 0 fully saturated rings. The topological polar surface area (TPSA) is 34.1 Å². The lowest BCUT2D eigenvalue weighted by atomic mass is 10.2. The number of thiazole rings is 1. The standard InChI is InChI=1S/C16H21ClN2OS/c1-10(2)18-8-13-7-14(17)5-6-15(13)20-9-16-19-11(3)12(4)21-16/h5-7,10,18H,8-9H2,1-4H3. The molecule has 0 aliphatic heterocycles. The molecular weight excluding hydrogens is 304 g/mol. The summed E-state index contributed by atoms with van der Waals surface area (Å²) in [5.41, 5.74) is 2.15. The van der Waals surface area contributed by atoms with Crippen molar-refractivity contribution in [3.8, 4) is 5.75 Å². The van der Waals surface area contributed by atoms with Gasteiger partial charge in [-0.25, -0.2) is 4.98 Å². The predicted molar refractivity (Wildman–Crippen MR) is 89.3 cm³/mol. The zero-order chi connectivity index (χ0) is 15.4. The minimum atomic E-state index is 0.418. The first-order valence-corrected chi connectivity index (χ1v) is 8.22. The molecular formula is C16H21ClN2OS. The van der Waals surface area contributed by atoms with Crippen molar-refractivity contribution in [2.75, 3.05) is 0 Å². The molecule has 2 rings (SSSR count). The van der Waals surface area contributed by atoms with Gasteiger partial charge in [-0.3, -0.25) is 0 Å². The summed E-state index contributed by atoms with van der Waals surface area (Å²) in [7, 11) is 0. The second-order valence-electron chi connectivity index (χ2n) is 5.33. The lowest BCUT2D eigenvalue weighted by Crippen LogP contribution is -2.22. The molecule has 0 atom stereocenters. The maximum absolute atomic E-state index is 6.08. The van der Waals surface area contributed by atoms with Crippen molar-refractivity contribution in [3.63, 3.8) is 0 Å². The molecule has 3 nitrogen and oxygen atoms in total. The largest absolute Gasteiger partial charge is 0.486 e.